The molecule has 0 aromatic carbocycles. The van der Waals surface area contributed by atoms with Gasteiger partial charge in [-0.1, -0.05) is 13.8 Å². The molecule has 114 valence electrons. The summed E-state index contributed by atoms with van der Waals surface area (Å²) in [4.78, 5) is 20.9. The molecule has 0 aliphatic carbocycles. The Kier molecular flexibility index (Phi) is 4.97. The number of aromatic nitrogens is 2. The van der Waals surface area contributed by atoms with Crippen molar-refractivity contribution in [3.63, 3.8) is 0 Å². The molecule has 2 rings (SSSR count). The van der Waals surface area contributed by atoms with E-state index in [0.717, 1.165) is 26.2 Å². The monoisotopic (exact) mass is 289 g/mol. The summed E-state index contributed by atoms with van der Waals surface area (Å²) in [5, 5.41) is 8.96. The molecule has 1 saturated heterocycles. The predicted molar refractivity (Wildman–Crippen MR) is 82.2 cm³/mol. The van der Waals surface area contributed by atoms with Gasteiger partial charge in [0.25, 0.3) is 5.56 Å². The summed E-state index contributed by atoms with van der Waals surface area (Å²) in [5.74, 6) is 0.952. The average molecular weight is 289 g/mol. The molecule has 2 heterocycles. The van der Waals surface area contributed by atoms with Crippen LogP contribution >= 0.6 is 0 Å². The fraction of sp³-hybridized carbons (Fsp3) is 0.667. The van der Waals surface area contributed by atoms with Gasteiger partial charge in [-0.3, -0.25) is 9.69 Å². The lowest BCUT2D eigenvalue weighted by Crippen LogP contribution is -2.51. The van der Waals surface area contributed by atoms with Crippen molar-refractivity contribution in [2.45, 2.75) is 33.4 Å². The van der Waals surface area contributed by atoms with Gasteiger partial charge in [-0.2, -0.15) is 5.26 Å². The van der Waals surface area contributed by atoms with Crippen LogP contribution in [-0.2, 0) is 6.54 Å². The third-order valence-electron chi connectivity index (χ3n) is 3.81. The van der Waals surface area contributed by atoms with Gasteiger partial charge in [0.2, 0.25) is 0 Å². The zero-order valence-corrected chi connectivity index (χ0v) is 13.0. The van der Waals surface area contributed by atoms with Gasteiger partial charge in [0.15, 0.2) is 5.82 Å². The molecule has 6 heteroatoms. The molecule has 1 atom stereocenters. The summed E-state index contributed by atoms with van der Waals surface area (Å²) in [7, 11) is 0. The third-order valence-corrected chi connectivity index (χ3v) is 3.81. The lowest BCUT2D eigenvalue weighted by Gasteiger charge is -2.36. The smallest absolute Gasteiger partial charge is 0.293 e. The van der Waals surface area contributed by atoms with Crippen molar-refractivity contribution in [1.29, 1.82) is 5.26 Å². The number of anilines is 1. The van der Waals surface area contributed by atoms with E-state index in [9.17, 15) is 4.79 Å². The van der Waals surface area contributed by atoms with Crippen LogP contribution in [0.1, 0.15) is 20.8 Å². The van der Waals surface area contributed by atoms with E-state index < -0.39 is 0 Å². The predicted octanol–water partition coefficient (Wildman–Crippen LogP) is 0.933. The van der Waals surface area contributed by atoms with Gasteiger partial charge >= 0.3 is 0 Å². The summed E-state index contributed by atoms with van der Waals surface area (Å²) in [6.07, 6.45) is 3.45. The van der Waals surface area contributed by atoms with Crippen molar-refractivity contribution < 1.29 is 0 Å². The van der Waals surface area contributed by atoms with Crippen molar-refractivity contribution in [3.8, 4) is 6.07 Å². The van der Waals surface area contributed by atoms with E-state index in [1.54, 1.807) is 17.0 Å². The van der Waals surface area contributed by atoms with Crippen LogP contribution in [0.3, 0.4) is 0 Å². The minimum absolute atomic E-state index is 0.0204. The van der Waals surface area contributed by atoms with Crippen LogP contribution in [0.15, 0.2) is 17.2 Å². The van der Waals surface area contributed by atoms with Gasteiger partial charge in [0.1, 0.15) is 0 Å². The SMILES string of the molecule is CC(C)Cn1ccnc(N2CCN(C(C)C#N)CC2)c1=O. The average Bonchev–Trinajstić information content (AvgIpc) is 2.48. The minimum Gasteiger partial charge on any atom is -0.349 e. The van der Waals surface area contributed by atoms with E-state index >= 15 is 0 Å². The largest absolute Gasteiger partial charge is 0.349 e. The van der Waals surface area contributed by atoms with Gasteiger partial charge in [-0.25, -0.2) is 4.98 Å². The summed E-state index contributed by atoms with van der Waals surface area (Å²) >= 11 is 0. The zero-order valence-electron chi connectivity index (χ0n) is 13.0. The van der Waals surface area contributed by atoms with Gasteiger partial charge in [-0.15, -0.1) is 0 Å². The zero-order chi connectivity index (χ0) is 15.4. The Morgan fingerprint density at radius 3 is 2.52 bits per heavy atom. The van der Waals surface area contributed by atoms with Gasteiger partial charge in [0.05, 0.1) is 12.1 Å². The van der Waals surface area contributed by atoms with Crippen LogP contribution in [0.25, 0.3) is 0 Å². The van der Waals surface area contributed by atoms with Crippen molar-refractivity contribution in [3.05, 3.63) is 22.7 Å². The van der Waals surface area contributed by atoms with Gasteiger partial charge < -0.3 is 9.47 Å². The number of hydrogen-bond donors (Lipinski definition) is 0. The third kappa shape index (κ3) is 3.61. The number of piperazine rings is 1. The summed E-state index contributed by atoms with van der Waals surface area (Å²) in [5.41, 5.74) is -0.0204. The highest BCUT2D eigenvalue weighted by atomic mass is 16.1. The van der Waals surface area contributed by atoms with Crippen LogP contribution < -0.4 is 10.5 Å². The highest BCUT2D eigenvalue weighted by Crippen LogP contribution is 2.11. The molecule has 1 aliphatic rings. The second-order valence-electron chi connectivity index (χ2n) is 5.93. The maximum Gasteiger partial charge on any atom is 0.293 e. The maximum absolute atomic E-state index is 12.5. The Balaban J connectivity index is 2.11. The second kappa shape index (κ2) is 6.72. The molecule has 0 radical (unpaired) electrons. The quantitative estimate of drug-likeness (QED) is 0.825. The van der Waals surface area contributed by atoms with Crippen LogP contribution in [0.5, 0.6) is 0 Å². The molecule has 0 N–H and O–H groups in total. The first-order valence-corrected chi connectivity index (χ1v) is 7.47. The molecule has 1 aliphatic heterocycles. The molecule has 1 fully saturated rings. The Labute approximate surface area is 125 Å². The molecule has 0 saturated carbocycles. The normalized spacial score (nSPS) is 17.8. The summed E-state index contributed by atoms with van der Waals surface area (Å²) in [6, 6.07) is 2.18. The Bertz CT molecular complexity index is 566. The lowest BCUT2D eigenvalue weighted by molar-refractivity contribution is 0.231. The van der Waals surface area contributed by atoms with Crippen molar-refractivity contribution >= 4 is 5.82 Å². The lowest BCUT2D eigenvalue weighted by atomic mass is 10.2. The van der Waals surface area contributed by atoms with E-state index in [1.807, 2.05) is 11.8 Å². The number of nitrogens with zero attached hydrogens (tertiary/aromatic N) is 5. The highest BCUT2D eigenvalue weighted by Gasteiger charge is 2.23. The minimum atomic E-state index is -0.0755. The van der Waals surface area contributed by atoms with Crippen LogP contribution in [0, 0.1) is 17.2 Å². The van der Waals surface area contributed by atoms with E-state index in [1.165, 1.54) is 0 Å². The Morgan fingerprint density at radius 1 is 1.29 bits per heavy atom. The highest BCUT2D eigenvalue weighted by molar-refractivity contribution is 5.36. The van der Waals surface area contributed by atoms with Crippen molar-refractivity contribution in [2.75, 3.05) is 31.1 Å². The number of hydrogen-bond acceptors (Lipinski definition) is 5. The Morgan fingerprint density at radius 2 is 1.95 bits per heavy atom. The fourth-order valence-corrected chi connectivity index (χ4v) is 2.59. The number of nitriles is 1. The van der Waals surface area contributed by atoms with Crippen molar-refractivity contribution in [1.82, 2.24) is 14.5 Å². The molecule has 1 aromatic heterocycles. The molecule has 6 nitrogen and oxygen atoms in total. The molecule has 0 amide bonds. The summed E-state index contributed by atoms with van der Waals surface area (Å²) in [6.45, 7) is 9.85. The molecule has 0 bridgehead atoms. The molecular formula is C15H23N5O. The maximum atomic E-state index is 12.5. The topological polar surface area (TPSA) is 65.2 Å². The van der Waals surface area contributed by atoms with E-state index in [4.69, 9.17) is 5.26 Å². The first kappa shape index (κ1) is 15.5. The fourth-order valence-electron chi connectivity index (χ4n) is 2.59. The van der Waals surface area contributed by atoms with E-state index in [2.05, 4.69) is 29.8 Å². The first-order valence-electron chi connectivity index (χ1n) is 7.47. The van der Waals surface area contributed by atoms with Crippen LogP contribution in [-0.4, -0.2) is 46.7 Å². The van der Waals surface area contributed by atoms with Gasteiger partial charge in [0, 0.05) is 45.1 Å². The number of rotatable bonds is 4. The van der Waals surface area contributed by atoms with Crippen LogP contribution in [0.4, 0.5) is 5.82 Å². The summed E-state index contributed by atoms with van der Waals surface area (Å²) < 4.78 is 1.73. The first-order chi connectivity index (χ1) is 10.0. The van der Waals surface area contributed by atoms with Crippen LogP contribution in [0.2, 0.25) is 0 Å². The molecule has 1 unspecified atom stereocenters. The molecule has 21 heavy (non-hydrogen) atoms. The molecule has 1 aromatic rings. The van der Waals surface area contributed by atoms with Crippen molar-refractivity contribution in [2.24, 2.45) is 5.92 Å². The molecule has 0 spiro atoms. The molecular weight excluding hydrogens is 266 g/mol. The van der Waals surface area contributed by atoms with E-state index in [0.29, 0.717) is 18.3 Å². The standard InChI is InChI=1S/C15H23N5O/c1-12(2)11-20-5-4-17-14(15(20)21)19-8-6-18(7-9-19)13(3)10-16/h4-5,12-13H,6-9,11H2,1-3H3. The van der Waals surface area contributed by atoms with E-state index in [-0.39, 0.29) is 11.6 Å². The second-order valence-corrected chi connectivity index (χ2v) is 5.93. The Hall–Kier alpha value is -1.87. The van der Waals surface area contributed by atoms with Gasteiger partial charge in [-0.05, 0) is 12.8 Å².